The highest BCUT2D eigenvalue weighted by Gasteiger charge is 2.35. The third kappa shape index (κ3) is 4.64. The molecule has 1 unspecified atom stereocenters. The number of pyridine rings is 1. The Morgan fingerprint density at radius 2 is 1.81 bits per heavy atom. The molecule has 2 aliphatic rings. The van der Waals surface area contributed by atoms with Crippen LogP contribution in [0, 0.1) is 12.7 Å². The molecule has 0 aliphatic carbocycles. The number of para-hydroxylation sites is 1. The van der Waals surface area contributed by atoms with E-state index in [0.717, 1.165) is 12.0 Å². The van der Waals surface area contributed by atoms with Crippen LogP contribution in [0.15, 0.2) is 52.3 Å². The van der Waals surface area contributed by atoms with Crippen LogP contribution >= 0.6 is 24.0 Å². The molecule has 2 saturated heterocycles. The fourth-order valence-electron chi connectivity index (χ4n) is 4.71. The van der Waals surface area contributed by atoms with Crippen LogP contribution in [-0.2, 0) is 4.79 Å². The van der Waals surface area contributed by atoms with Gasteiger partial charge in [-0.05, 0) is 50.1 Å². The fraction of sp³-hybridized carbons (Fsp3) is 0.333. The number of thiocarbonyl (C=S) groups is 1. The Balaban J connectivity index is 1.55. The second-order valence-corrected chi connectivity index (χ2v) is 10.9. The first-order valence-electron chi connectivity index (χ1n) is 12.3. The summed E-state index contributed by atoms with van der Waals surface area (Å²) in [7, 11) is 0. The van der Waals surface area contributed by atoms with Crippen molar-refractivity contribution in [3.8, 4) is 0 Å². The number of hydrogen-bond acceptors (Lipinski definition) is 7. The van der Waals surface area contributed by atoms with Crippen molar-refractivity contribution < 1.29 is 9.18 Å². The van der Waals surface area contributed by atoms with Crippen LogP contribution in [0.25, 0.3) is 11.7 Å². The summed E-state index contributed by atoms with van der Waals surface area (Å²) in [6, 6.07) is 10.4. The Hall–Kier alpha value is -3.24. The Kier molecular flexibility index (Phi) is 7.04. The summed E-state index contributed by atoms with van der Waals surface area (Å²) in [6.07, 6.45) is 4.11. The summed E-state index contributed by atoms with van der Waals surface area (Å²) in [6.45, 7) is 8.14. The maximum Gasteiger partial charge on any atom is 0.267 e. The number of rotatable bonds is 5. The zero-order valence-corrected chi connectivity index (χ0v) is 22.6. The highest BCUT2D eigenvalue weighted by atomic mass is 32.2. The number of carbonyl (C=O) groups excluding carboxylic acids is 1. The van der Waals surface area contributed by atoms with Gasteiger partial charge in [-0.1, -0.05) is 49.1 Å². The molecule has 0 spiro atoms. The Bertz CT molecular complexity index is 1480. The largest absolute Gasteiger partial charge is 0.366 e. The number of hydrogen-bond donors (Lipinski definition) is 0. The highest BCUT2D eigenvalue weighted by Crippen LogP contribution is 2.35. The molecule has 3 aromatic rings. The highest BCUT2D eigenvalue weighted by molar-refractivity contribution is 8.26. The standard InChI is InChI=1S/C27H28FN5O2S2/c1-4-18(3)33-26(35)22(37-27(33)36)16-19-24(29-23-17(2)8-7-11-32(23)25(19)34)31-14-12-30(13-15-31)21-10-6-5-9-20(21)28/h5-11,16,18H,4,12-15H2,1-3H3/b22-16+. The van der Waals surface area contributed by atoms with Crippen molar-refractivity contribution in [1.29, 1.82) is 0 Å². The van der Waals surface area contributed by atoms with Crippen molar-refractivity contribution in [2.75, 3.05) is 36.0 Å². The molecular formula is C27H28FN5O2S2. The summed E-state index contributed by atoms with van der Waals surface area (Å²) < 4.78 is 16.4. The first-order valence-corrected chi connectivity index (χ1v) is 13.6. The molecule has 10 heteroatoms. The van der Waals surface area contributed by atoms with Gasteiger partial charge in [0.2, 0.25) is 0 Å². The quantitative estimate of drug-likeness (QED) is 0.352. The minimum atomic E-state index is -0.252. The normalized spacial score (nSPS) is 18.4. The third-order valence-corrected chi connectivity index (χ3v) is 8.30. The number of thioether (sulfide) groups is 1. The fourth-order valence-corrected chi connectivity index (χ4v) is 6.15. The second kappa shape index (κ2) is 10.3. The van der Waals surface area contributed by atoms with E-state index in [-0.39, 0.29) is 23.3 Å². The van der Waals surface area contributed by atoms with Crippen molar-refractivity contribution >= 4 is 57.4 Å². The zero-order valence-electron chi connectivity index (χ0n) is 21.0. The minimum Gasteiger partial charge on any atom is -0.366 e. The molecular weight excluding hydrogens is 509 g/mol. The van der Waals surface area contributed by atoms with Crippen molar-refractivity contribution in [3.63, 3.8) is 0 Å². The average molecular weight is 538 g/mol. The monoisotopic (exact) mass is 537 g/mol. The van der Waals surface area contributed by atoms with Gasteiger partial charge in [0.15, 0.2) is 0 Å². The SMILES string of the molecule is CCC(C)N1C(=O)/C(=C\c2c(N3CCN(c4ccccc4F)CC3)nc3c(C)cccn3c2=O)SC1=S. The Labute approximate surface area is 224 Å². The number of anilines is 2. The molecule has 0 saturated carbocycles. The smallest absolute Gasteiger partial charge is 0.267 e. The van der Waals surface area contributed by atoms with Gasteiger partial charge in [-0.25, -0.2) is 9.37 Å². The van der Waals surface area contributed by atoms with Crippen LogP contribution < -0.4 is 15.4 Å². The molecule has 5 rings (SSSR count). The average Bonchev–Trinajstić information content (AvgIpc) is 3.18. The molecule has 7 nitrogen and oxygen atoms in total. The van der Waals surface area contributed by atoms with E-state index in [2.05, 4.69) is 0 Å². The molecule has 37 heavy (non-hydrogen) atoms. The maximum absolute atomic E-state index is 14.4. The zero-order chi connectivity index (χ0) is 26.3. The summed E-state index contributed by atoms with van der Waals surface area (Å²) in [5.41, 5.74) is 2.13. The molecule has 2 aliphatic heterocycles. The van der Waals surface area contributed by atoms with E-state index in [4.69, 9.17) is 17.2 Å². The lowest BCUT2D eigenvalue weighted by Crippen LogP contribution is -2.47. The number of piperazine rings is 1. The Morgan fingerprint density at radius 3 is 2.51 bits per heavy atom. The first-order chi connectivity index (χ1) is 17.8. The molecule has 2 fully saturated rings. The van der Waals surface area contributed by atoms with Crippen LogP contribution in [0.3, 0.4) is 0 Å². The predicted molar refractivity (Wildman–Crippen MR) is 152 cm³/mol. The number of halogens is 1. The number of aromatic nitrogens is 2. The van der Waals surface area contributed by atoms with E-state index in [9.17, 15) is 14.0 Å². The van der Waals surface area contributed by atoms with Crippen LogP contribution in [0.1, 0.15) is 31.4 Å². The molecule has 2 aromatic heterocycles. The van der Waals surface area contributed by atoms with E-state index in [1.807, 2.05) is 48.8 Å². The molecule has 1 amide bonds. The van der Waals surface area contributed by atoms with E-state index < -0.39 is 0 Å². The van der Waals surface area contributed by atoms with E-state index >= 15 is 0 Å². The van der Waals surface area contributed by atoms with Gasteiger partial charge in [0.1, 0.15) is 21.6 Å². The summed E-state index contributed by atoms with van der Waals surface area (Å²) >= 11 is 6.71. The van der Waals surface area contributed by atoms with Crippen molar-refractivity contribution in [2.24, 2.45) is 0 Å². The van der Waals surface area contributed by atoms with E-state index in [1.165, 1.54) is 22.2 Å². The van der Waals surface area contributed by atoms with Gasteiger partial charge < -0.3 is 9.80 Å². The molecule has 0 bridgehead atoms. The van der Waals surface area contributed by atoms with Crippen molar-refractivity contribution in [2.45, 2.75) is 33.2 Å². The Morgan fingerprint density at radius 1 is 1.11 bits per heavy atom. The van der Waals surface area contributed by atoms with E-state index in [0.29, 0.717) is 58.1 Å². The van der Waals surface area contributed by atoms with E-state index in [1.54, 1.807) is 29.3 Å². The van der Waals surface area contributed by atoms with Crippen LogP contribution in [0.5, 0.6) is 0 Å². The second-order valence-electron chi connectivity index (χ2n) is 9.27. The van der Waals surface area contributed by atoms with Crippen LogP contribution in [-0.4, -0.2) is 56.7 Å². The van der Waals surface area contributed by atoms with Gasteiger partial charge in [0.25, 0.3) is 11.5 Å². The lowest BCUT2D eigenvalue weighted by Gasteiger charge is -2.37. The number of fused-ring (bicyclic) bond motifs is 1. The number of carbonyl (C=O) groups is 1. The summed E-state index contributed by atoms with van der Waals surface area (Å²) in [4.78, 5) is 38.0. The lowest BCUT2D eigenvalue weighted by molar-refractivity contribution is -0.123. The van der Waals surface area contributed by atoms with Gasteiger partial charge in [0, 0.05) is 38.4 Å². The number of benzene rings is 1. The molecule has 1 aromatic carbocycles. The van der Waals surface area contributed by atoms with Crippen LogP contribution in [0.4, 0.5) is 15.9 Å². The van der Waals surface area contributed by atoms with Gasteiger partial charge in [0.05, 0.1) is 16.2 Å². The number of aryl methyl sites for hydroxylation is 1. The molecule has 0 radical (unpaired) electrons. The molecule has 4 heterocycles. The predicted octanol–water partition coefficient (Wildman–Crippen LogP) is 4.47. The molecule has 1 atom stereocenters. The molecule has 192 valence electrons. The summed E-state index contributed by atoms with van der Waals surface area (Å²) in [5, 5.41) is 0. The van der Waals surface area contributed by atoms with Crippen molar-refractivity contribution in [3.05, 3.63) is 74.8 Å². The molecule has 0 N–H and O–H groups in total. The topological polar surface area (TPSA) is 61.2 Å². The lowest BCUT2D eigenvalue weighted by atomic mass is 10.1. The number of amides is 1. The van der Waals surface area contributed by atoms with Crippen molar-refractivity contribution in [1.82, 2.24) is 14.3 Å². The number of nitrogens with zero attached hydrogens (tertiary/aromatic N) is 5. The maximum atomic E-state index is 14.4. The first kappa shape index (κ1) is 25.4. The van der Waals surface area contributed by atoms with Crippen LogP contribution in [0.2, 0.25) is 0 Å². The minimum absolute atomic E-state index is 0.0252. The van der Waals surface area contributed by atoms with Gasteiger partial charge >= 0.3 is 0 Å². The van der Waals surface area contributed by atoms with Gasteiger partial charge in [-0.3, -0.25) is 18.9 Å². The third-order valence-electron chi connectivity index (χ3n) is 6.97. The summed E-state index contributed by atoms with van der Waals surface area (Å²) in [5.74, 6) is 0.0902. The van der Waals surface area contributed by atoms with Gasteiger partial charge in [-0.15, -0.1) is 0 Å². The van der Waals surface area contributed by atoms with Gasteiger partial charge in [-0.2, -0.15) is 0 Å².